The maximum absolute atomic E-state index is 11.9. The molecule has 1 aliphatic rings. The SMILES string of the molecule is CCOC(=O)C1CCNCC1Cc1ccccc1. The Kier molecular flexibility index (Phi) is 4.76. The van der Waals surface area contributed by atoms with E-state index in [1.807, 2.05) is 25.1 Å². The molecular formula is C15H21NO2. The first-order chi connectivity index (χ1) is 8.81. The smallest absolute Gasteiger partial charge is 0.309 e. The molecule has 1 aromatic rings. The van der Waals surface area contributed by atoms with E-state index in [1.54, 1.807) is 0 Å². The molecule has 3 heteroatoms. The Bertz CT molecular complexity index is 377. The summed E-state index contributed by atoms with van der Waals surface area (Å²) in [4.78, 5) is 11.9. The first-order valence-electron chi connectivity index (χ1n) is 6.72. The first-order valence-corrected chi connectivity index (χ1v) is 6.72. The topological polar surface area (TPSA) is 38.3 Å². The molecule has 2 unspecified atom stereocenters. The van der Waals surface area contributed by atoms with E-state index in [4.69, 9.17) is 4.74 Å². The Morgan fingerprint density at radius 3 is 2.89 bits per heavy atom. The summed E-state index contributed by atoms with van der Waals surface area (Å²) in [6.45, 7) is 4.15. The summed E-state index contributed by atoms with van der Waals surface area (Å²) < 4.78 is 5.18. The van der Waals surface area contributed by atoms with Gasteiger partial charge in [0.2, 0.25) is 0 Å². The number of ether oxygens (including phenoxy) is 1. The number of carbonyl (C=O) groups is 1. The molecule has 0 saturated carbocycles. The third kappa shape index (κ3) is 3.33. The molecule has 1 saturated heterocycles. The lowest BCUT2D eigenvalue weighted by molar-refractivity contribution is -0.150. The van der Waals surface area contributed by atoms with Crippen molar-refractivity contribution in [3.63, 3.8) is 0 Å². The van der Waals surface area contributed by atoms with Gasteiger partial charge in [-0.15, -0.1) is 0 Å². The molecule has 0 radical (unpaired) electrons. The van der Waals surface area contributed by atoms with Crippen molar-refractivity contribution in [1.29, 1.82) is 0 Å². The summed E-state index contributed by atoms with van der Waals surface area (Å²) in [6, 6.07) is 10.4. The van der Waals surface area contributed by atoms with Crippen molar-refractivity contribution in [2.45, 2.75) is 19.8 Å². The highest BCUT2D eigenvalue weighted by molar-refractivity contribution is 5.73. The summed E-state index contributed by atoms with van der Waals surface area (Å²) in [7, 11) is 0. The average molecular weight is 247 g/mol. The van der Waals surface area contributed by atoms with Crippen LogP contribution in [0.3, 0.4) is 0 Å². The molecule has 1 fully saturated rings. The van der Waals surface area contributed by atoms with Gasteiger partial charge in [0.25, 0.3) is 0 Å². The highest BCUT2D eigenvalue weighted by Crippen LogP contribution is 2.24. The Labute approximate surface area is 109 Å². The van der Waals surface area contributed by atoms with E-state index in [9.17, 15) is 4.79 Å². The van der Waals surface area contributed by atoms with Crippen molar-refractivity contribution in [3.8, 4) is 0 Å². The number of piperidine rings is 1. The van der Waals surface area contributed by atoms with Crippen LogP contribution in [0, 0.1) is 11.8 Å². The molecule has 1 aliphatic heterocycles. The molecule has 98 valence electrons. The fourth-order valence-electron chi connectivity index (χ4n) is 2.61. The first kappa shape index (κ1) is 13.1. The summed E-state index contributed by atoms with van der Waals surface area (Å²) in [5, 5.41) is 3.37. The molecule has 2 atom stereocenters. The van der Waals surface area contributed by atoms with Crippen molar-refractivity contribution in [1.82, 2.24) is 5.32 Å². The number of nitrogens with one attached hydrogen (secondary N) is 1. The third-order valence-corrected chi connectivity index (χ3v) is 3.54. The van der Waals surface area contributed by atoms with Crippen molar-refractivity contribution < 1.29 is 9.53 Å². The molecule has 0 bridgehead atoms. The lowest BCUT2D eigenvalue weighted by Gasteiger charge is -2.30. The number of esters is 1. The van der Waals surface area contributed by atoms with Gasteiger partial charge < -0.3 is 10.1 Å². The van der Waals surface area contributed by atoms with Crippen LogP contribution in [0.15, 0.2) is 30.3 Å². The van der Waals surface area contributed by atoms with Crippen LogP contribution in [-0.4, -0.2) is 25.7 Å². The normalized spacial score (nSPS) is 23.6. The van der Waals surface area contributed by atoms with Gasteiger partial charge in [0, 0.05) is 0 Å². The van der Waals surface area contributed by atoms with Crippen LogP contribution < -0.4 is 5.32 Å². The van der Waals surface area contributed by atoms with Gasteiger partial charge in [0.1, 0.15) is 0 Å². The lowest BCUT2D eigenvalue weighted by Crippen LogP contribution is -2.41. The van der Waals surface area contributed by atoms with Crippen molar-refractivity contribution in [2.24, 2.45) is 11.8 Å². The minimum atomic E-state index is -0.0278. The summed E-state index contributed by atoms with van der Waals surface area (Å²) >= 11 is 0. The predicted octanol–water partition coefficient (Wildman–Crippen LogP) is 2.02. The van der Waals surface area contributed by atoms with E-state index in [2.05, 4.69) is 17.4 Å². The minimum Gasteiger partial charge on any atom is -0.466 e. The fraction of sp³-hybridized carbons (Fsp3) is 0.533. The van der Waals surface area contributed by atoms with Crippen LogP contribution in [0.5, 0.6) is 0 Å². The lowest BCUT2D eigenvalue weighted by atomic mass is 9.82. The van der Waals surface area contributed by atoms with Crippen LogP contribution in [0.25, 0.3) is 0 Å². The van der Waals surface area contributed by atoms with Gasteiger partial charge in [0.15, 0.2) is 0 Å². The summed E-state index contributed by atoms with van der Waals surface area (Å²) in [5.74, 6) is 0.367. The summed E-state index contributed by atoms with van der Waals surface area (Å²) in [5.41, 5.74) is 1.29. The van der Waals surface area contributed by atoms with Gasteiger partial charge in [-0.3, -0.25) is 4.79 Å². The second-order valence-electron chi connectivity index (χ2n) is 4.80. The highest BCUT2D eigenvalue weighted by Gasteiger charge is 2.31. The van der Waals surface area contributed by atoms with E-state index in [1.165, 1.54) is 5.56 Å². The number of hydrogen-bond donors (Lipinski definition) is 1. The maximum Gasteiger partial charge on any atom is 0.309 e. The Morgan fingerprint density at radius 1 is 1.39 bits per heavy atom. The van der Waals surface area contributed by atoms with E-state index < -0.39 is 0 Å². The molecule has 0 amide bonds. The monoisotopic (exact) mass is 247 g/mol. The Balaban J connectivity index is 2.01. The molecule has 1 aromatic carbocycles. The molecule has 1 N–H and O–H groups in total. The van der Waals surface area contributed by atoms with Gasteiger partial charge >= 0.3 is 5.97 Å². The molecule has 0 aliphatic carbocycles. The van der Waals surface area contributed by atoms with Crippen LogP contribution >= 0.6 is 0 Å². The zero-order chi connectivity index (χ0) is 12.8. The van der Waals surface area contributed by atoms with Crippen LogP contribution in [-0.2, 0) is 16.0 Å². The van der Waals surface area contributed by atoms with Gasteiger partial charge in [0.05, 0.1) is 12.5 Å². The predicted molar refractivity (Wildman–Crippen MR) is 71.2 cm³/mol. The molecular weight excluding hydrogens is 226 g/mol. The zero-order valence-electron chi connectivity index (χ0n) is 10.9. The minimum absolute atomic E-state index is 0.0278. The summed E-state index contributed by atoms with van der Waals surface area (Å²) in [6.07, 6.45) is 1.83. The second kappa shape index (κ2) is 6.55. The average Bonchev–Trinajstić information content (AvgIpc) is 2.41. The largest absolute Gasteiger partial charge is 0.466 e. The quantitative estimate of drug-likeness (QED) is 0.827. The Hall–Kier alpha value is -1.35. The molecule has 0 spiro atoms. The molecule has 1 heterocycles. The Morgan fingerprint density at radius 2 is 2.17 bits per heavy atom. The molecule has 18 heavy (non-hydrogen) atoms. The third-order valence-electron chi connectivity index (χ3n) is 3.54. The van der Waals surface area contributed by atoms with Gasteiger partial charge in [-0.1, -0.05) is 30.3 Å². The van der Waals surface area contributed by atoms with E-state index in [-0.39, 0.29) is 11.9 Å². The maximum atomic E-state index is 11.9. The van der Waals surface area contributed by atoms with Crippen LogP contribution in [0.2, 0.25) is 0 Å². The second-order valence-corrected chi connectivity index (χ2v) is 4.80. The number of hydrogen-bond acceptors (Lipinski definition) is 3. The standard InChI is InChI=1S/C15H21NO2/c1-2-18-15(17)14-8-9-16-11-13(14)10-12-6-4-3-5-7-12/h3-7,13-14,16H,2,8-11H2,1H3. The molecule has 3 nitrogen and oxygen atoms in total. The van der Waals surface area contributed by atoms with Gasteiger partial charge in [-0.05, 0) is 44.3 Å². The highest BCUT2D eigenvalue weighted by atomic mass is 16.5. The van der Waals surface area contributed by atoms with Crippen LogP contribution in [0.4, 0.5) is 0 Å². The van der Waals surface area contributed by atoms with E-state index >= 15 is 0 Å². The van der Waals surface area contributed by atoms with Crippen molar-refractivity contribution in [3.05, 3.63) is 35.9 Å². The van der Waals surface area contributed by atoms with Gasteiger partial charge in [-0.25, -0.2) is 0 Å². The van der Waals surface area contributed by atoms with Crippen LogP contribution in [0.1, 0.15) is 18.9 Å². The van der Waals surface area contributed by atoms with E-state index in [0.717, 1.165) is 25.9 Å². The zero-order valence-corrected chi connectivity index (χ0v) is 10.9. The number of benzene rings is 1. The van der Waals surface area contributed by atoms with Crippen molar-refractivity contribution in [2.75, 3.05) is 19.7 Å². The van der Waals surface area contributed by atoms with Crippen molar-refractivity contribution >= 4 is 5.97 Å². The number of carbonyl (C=O) groups excluding carboxylic acids is 1. The fourth-order valence-corrected chi connectivity index (χ4v) is 2.61. The number of rotatable bonds is 4. The molecule has 0 aromatic heterocycles. The molecule has 2 rings (SSSR count). The van der Waals surface area contributed by atoms with Gasteiger partial charge in [-0.2, -0.15) is 0 Å². The van der Waals surface area contributed by atoms with E-state index in [0.29, 0.717) is 12.5 Å².